The average Bonchev–Trinajstić information content (AvgIpc) is 2.22. The fourth-order valence-electron chi connectivity index (χ4n) is 2.27. The highest BCUT2D eigenvalue weighted by Gasteiger charge is 2.18. The highest BCUT2D eigenvalue weighted by molar-refractivity contribution is 4.99. The summed E-state index contributed by atoms with van der Waals surface area (Å²) in [6.45, 7) is 15.4. The van der Waals surface area contributed by atoms with Crippen LogP contribution < -0.4 is 5.32 Å². The lowest BCUT2D eigenvalue weighted by Gasteiger charge is -2.27. The molecule has 1 nitrogen and oxygen atoms in total. The summed E-state index contributed by atoms with van der Waals surface area (Å²) >= 11 is 0. The molecule has 1 N–H and O–H groups in total. The molecule has 0 aliphatic carbocycles. The first-order valence-electron chi connectivity index (χ1n) is 6.98. The molecular weight excluding hydrogens is 194 g/mol. The third kappa shape index (κ3) is 6.19. The fourth-order valence-corrected chi connectivity index (χ4v) is 2.27. The van der Waals surface area contributed by atoms with Crippen molar-refractivity contribution in [2.24, 2.45) is 11.8 Å². The number of nitrogens with one attached hydrogen (secondary N) is 1. The molecule has 0 bridgehead atoms. The minimum Gasteiger partial charge on any atom is -0.386 e. The molecule has 0 saturated carbocycles. The van der Waals surface area contributed by atoms with Crippen molar-refractivity contribution in [2.75, 3.05) is 0 Å². The van der Waals surface area contributed by atoms with E-state index in [9.17, 15) is 0 Å². The van der Waals surface area contributed by atoms with Crippen LogP contribution in [0.3, 0.4) is 0 Å². The largest absolute Gasteiger partial charge is 0.386 e. The van der Waals surface area contributed by atoms with Gasteiger partial charge in [-0.25, -0.2) is 0 Å². The number of rotatable bonds is 9. The molecule has 0 aliphatic heterocycles. The second kappa shape index (κ2) is 8.66. The molecule has 16 heavy (non-hydrogen) atoms. The first-order chi connectivity index (χ1) is 7.52. The van der Waals surface area contributed by atoms with E-state index < -0.39 is 0 Å². The average molecular weight is 225 g/mol. The Morgan fingerprint density at radius 1 is 1.06 bits per heavy atom. The maximum atomic E-state index is 4.19. The minimum absolute atomic E-state index is 0.503. The van der Waals surface area contributed by atoms with Crippen LogP contribution in [-0.2, 0) is 0 Å². The quantitative estimate of drug-likeness (QED) is 0.597. The predicted octanol–water partition coefficient (Wildman–Crippen LogP) is 4.74. The van der Waals surface area contributed by atoms with Crippen LogP contribution in [0.1, 0.15) is 66.7 Å². The zero-order valence-corrected chi connectivity index (χ0v) is 12.0. The Morgan fingerprint density at radius 2 is 1.69 bits per heavy atom. The van der Waals surface area contributed by atoms with E-state index in [0.29, 0.717) is 12.0 Å². The SMILES string of the molecule is C=C(NC(C)C)C(C)C(CCC)CCCC. The van der Waals surface area contributed by atoms with Gasteiger partial charge in [-0.15, -0.1) is 0 Å². The number of hydrogen-bond donors (Lipinski definition) is 1. The van der Waals surface area contributed by atoms with Crippen molar-refractivity contribution < 1.29 is 0 Å². The number of allylic oxidation sites excluding steroid dienone is 1. The van der Waals surface area contributed by atoms with Gasteiger partial charge in [0.25, 0.3) is 0 Å². The second-order valence-corrected chi connectivity index (χ2v) is 5.30. The summed E-state index contributed by atoms with van der Waals surface area (Å²) in [7, 11) is 0. The molecule has 1 heteroatoms. The second-order valence-electron chi connectivity index (χ2n) is 5.30. The zero-order valence-electron chi connectivity index (χ0n) is 12.0. The Kier molecular flexibility index (Phi) is 8.42. The molecule has 0 aromatic heterocycles. The van der Waals surface area contributed by atoms with Crippen LogP contribution in [0, 0.1) is 11.8 Å². The highest BCUT2D eigenvalue weighted by Crippen LogP contribution is 2.27. The van der Waals surface area contributed by atoms with E-state index in [2.05, 4.69) is 46.5 Å². The molecule has 2 atom stereocenters. The molecule has 0 saturated heterocycles. The van der Waals surface area contributed by atoms with Gasteiger partial charge in [-0.05, 0) is 32.1 Å². The summed E-state index contributed by atoms with van der Waals surface area (Å²) in [5.74, 6) is 1.41. The number of unbranched alkanes of at least 4 members (excludes halogenated alkanes) is 1. The first kappa shape index (κ1) is 15.5. The van der Waals surface area contributed by atoms with Gasteiger partial charge in [-0.1, -0.05) is 53.0 Å². The van der Waals surface area contributed by atoms with Crippen molar-refractivity contribution in [2.45, 2.75) is 72.8 Å². The summed E-state index contributed by atoms with van der Waals surface area (Å²) in [5.41, 5.74) is 1.23. The summed E-state index contributed by atoms with van der Waals surface area (Å²) in [6, 6.07) is 0.503. The Balaban J connectivity index is 4.23. The smallest absolute Gasteiger partial charge is 0.0201 e. The minimum atomic E-state index is 0.503. The van der Waals surface area contributed by atoms with Crippen LogP contribution in [0.5, 0.6) is 0 Å². The molecule has 0 fully saturated rings. The van der Waals surface area contributed by atoms with Gasteiger partial charge >= 0.3 is 0 Å². The van der Waals surface area contributed by atoms with Gasteiger partial charge < -0.3 is 5.32 Å². The van der Waals surface area contributed by atoms with Gasteiger partial charge in [-0.2, -0.15) is 0 Å². The maximum absolute atomic E-state index is 4.19. The van der Waals surface area contributed by atoms with E-state index in [1.54, 1.807) is 0 Å². The molecule has 2 unspecified atom stereocenters. The van der Waals surface area contributed by atoms with Crippen molar-refractivity contribution >= 4 is 0 Å². The van der Waals surface area contributed by atoms with E-state index in [1.807, 2.05) is 0 Å². The molecular formula is C15H31N. The summed E-state index contributed by atoms with van der Waals surface area (Å²) in [4.78, 5) is 0. The van der Waals surface area contributed by atoms with Gasteiger partial charge in [0.15, 0.2) is 0 Å². The Labute approximate surface area is 103 Å². The molecule has 0 aromatic rings. The molecule has 0 heterocycles. The zero-order chi connectivity index (χ0) is 12.6. The van der Waals surface area contributed by atoms with Crippen LogP contribution in [0.2, 0.25) is 0 Å². The van der Waals surface area contributed by atoms with Crippen molar-refractivity contribution in [3.63, 3.8) is 0 Å². The van der Waals surface area contributed by atoms with Crippen LogP contribution in [0.25, 0.3) is 0 Å². The normalized spacial score (nSPS) is 14.9. The van der Waals surface area contributed by atoms with Gasteiger partial charge in [0.1, 0.15) is 0 Å². The monoisotopic (exact) mass is 225 g/mol. The molecule has 0 radical (unpaired) electrons. The van der Waals surface area contributed by atoms with Gasteiger partial charge in [0, 0.05) is 11.7 Å². The fraction of sp³-hybridized carbons (Fsp3) is 0.867. The summed E-state index contributed by atoms with van der Waals surface area (Å²) in [6.07, 6.45) is 6.62. The topological polar surface area (TPSA) is 12.0 Å². The van der Waals surface area contributed by atoms with Crippen LogP contribution in [0.15, 0.2) is 12.3 Å². The summed E-state index contributed by atoms with van der Waals surface area (Å²) in [5, 5.41) is 3.46. The molecule has 96 valence electrons. The van der Waals surface area contributed by atoms with Crippen LogP contribution in [0.4, 0.5) is 0 Å². The Hall–Kier alpha value is -0.460. The lowest BCUT2D eigenvalue weighted by molar-refractivity contribution is 0.325. The third-order valence-electron chi connectivity index (χ3n) is 3.32. The van der Waals surface area contributed by atoms with Gasteiger partial charge in [0.2, 0.25) is 0 Å². The predicted molar refractivity (Wildman–Crippen MR) is 74.5 cm³/mol. The molecule has 0 spiro atoms. The molecule has 0 rings (SSSR count). The molecule has 0 aliphatic rings. The summed E-state index contributed by atoms with van der Waals surface area (Å²) < 4.78 is 0. The van der Waals surface area contributed by atoms with Gasteiger partial charge in [-0.3, -0.25) is 0 Å². The molecule has 0 aromatic carbocycles. The first-order valence-corrected chi connectivity index (χ1v) is 6.98. The van der Waals surface area contributed by atoms with Crippen molar-refractivity contribution in [1.82, 2.24) is 5.32 Å². The highest BCUT2D eigenvalue weighted by atomic mass is 14.9. The lowest BCUT2D eigenvalue weighted by Crippen LogP contribution is -2.28. The molecule has 0 amide bonds. The van der Waals surface area contributed by atoms with Gasteiger partial charge in [0.05, 0.1) is 0 Å². The van der Waals surface area contributed by atoms with Crippen molar-refractivity contribution in [1.29, 1.82) is 0 Å². The Morgan fingerprint density at radius 3 is 2.12 bits per heavy atom. The number of hydrogen-bond acceptors (Lipinski definition) is 1. The van der Waals surface area contributed by atoms with E-state index in [0.717, 1.165) is 5.92 Å². The van der Waals surface area contributed by atoms with Crippen LogP contribution in [-0.4, -0.2) is 6.04 Å². The van der Waals surface area contributed by atoms with Crippen molar-refractivity contribution in [3.8, 4) is 0 Å². The maximum Gasteiger partial charge on any atom is 0.0201 e. The van der Waals surface area contributed by atoms with E-state index in [1.165, 1.54) is 37.8 Å². The van der Waals surface area contributed by atoms with E-state index >= 15 is 0 Å². The van der Waals surface area contributed by atoms with E-state index in [-0.39, 0.29) is 0 Å². The lowest BCUT2D eigenvalue weighted by atomic mass is 9.84. The third-order valence-corrected chi connectivity index (χ3v) is 3.32. The Bertz CT molecular complexity index is 184. The van der Waals surface area contributed by atoms with Crippen LogP contribution >= 0.6 is 0 Å². The van der Waals surface area contributed by atoms with E-state index in [4.69, 9.17) is 0 Å². The standard InChI is InChI=1S/C15H31N/c1-7-9-11-15(10-8-2)13(5)14(6)16-12(3)4/h12-13,15-16H,6-11H2,1-5H3. The van der Waals surface area contributed by atoms with Crippen molar-refractivity contribution in [3.05, 3.63) is 12.3 Å².